The van der Waals surface area contributed by atoms with Gasteiger partial charge in [-0.25, -0.2) is 4.79 Å². The third-order valence-electron chi connectivity index (χ3n) is 2.66. The zero-order valence-electron chi connectivity index (χ0n) is 12.9. The van der Waals surface area contributed by atoms with Crippen LogP contribution < -0.4 is 0 Å². The summed E-state index contributed by atoms with van der Waals surface area (Å²) in [4.78, 5) is 41.6. The van der Waals surface area contributed by atoms with Crippen LogP contribution in [-0.4, -0.2) is 42.9 Å². The predicted molar refractivity (Wildman–Crippen MR) is 89.7 cm³/mol. The van der Waals surface area contributed by atoms with Crippen LogP contribution in [0, 0.1) is 0 Å². The summed E-state index contributed by atoms with van der Waals surface area (Å²) in [6, 6.07) is 0. The molecule has 0 radical (unpaired) electrons. The highest BCUT2D eigenvalue weighted by atomic mass is 79.9. The largest absolute Gasteiger partial charge is 0.480 e. The van der Waals surface area contributed by atoms with Gasteiger partial charge in [0.25, 0.3) is 0 Å². The molecule has 0 rings (SSSR count). The lowest BCUT2D eigenvalue weighted by Gasteiger charge is -2.22. The first-order valence-corrected chi connectivity index (χ1v) is 8.16. The molecule has 0 aliphatic heterocycles. The number of hydrogen-bond acceptors (Lipinski definition) is 4. The molecule has 2 unspecified atom stereocenters. The SMILES string of the molecule is CCC(=O)/C(C)=C/C(=O)O.CCC(=O)C(C)(Br)C(Br)C(=O)O. The topological polar surface area (TPSA) is 109 Å². The fourth-order valence-electron chi connectivity index (χ4n) is 1.26. The Morgan fingerprint density at radius 1 is 1.14 bits per heavy atom. The molecule has 0 spiro atoms. The summed E-state index contributed by atoms with van der Waals surface area (Å²) in [6.45, 7) is 6.44. The zero-order valence-corrected chi connectivity index (χ0v) is 16.0. The van der Waals surface area contributed by atoms with Gasteiger partial charge < -0.3 is 10.2 Å². The van der Waals surface area contributed by atoms with Crippen molar-refractivity contribution >= 4 is 55.4 Å². The summed E-state index contributed by atoms with van der Waals surface area (Å²) in [5.41, 5.74) is 0.301. The number of carbonyl (C=O) groups is 4. The van der Waals surface area contributed by atoms with E-state index < -0.39 is 21.1 Å². The molecule has 2 atom stereocenters. The Bertz CT molecular complexity index is 468. The summed E-state index contributed by atoms with van der Waals surface area (Å²) in [5, 5.41) is 16.8. The highest BCUT2D eigenvalue weighted by Gasteiger charge is 2.40. The molecule has 0 aromatic rings. The molecule has 0 heterocycles. The summed E-state index contributed by atoms with van der Waals surface area (Å²) >= 11 is 6.03. The molecule has 126 valence electrons. The van der Waals surface area contributed by atoms with E-state index in [1.165, 1.54) is 6.92 Å². The first kappa shape index (κ1) is 23.2. The Hall–Kier alpha value is -1.02. The Labute approximate surface area is 146 Å². The van der Waals surface area contributed by atoms with Crippen LogP contribution in [0.15, 0.2) is 11.6 Å². The van der Waals surface area contributed by atoms with Gasteiger partial charge in [-0.05, 0) is 19.4 Å². The van der Waals surface area contributed by atoms with Crippen LogP contribution in [0.4, 0.5) is 0 Å². The molecule has 22 heavy (non-hydrogen) atoms. The second kappa shape index (κ2) is 10.7. The number of carbonyl (C=O) groups excluding carboxylic acids is 2. The Morgan fingerprint density at radius 3 is 1.86 bits per heavy atom. The van der Waals surface area contributed by atoms with E-state index in [2.05, 4.69) is 31.9 Å². The van der Waals surface area contributed by atoms with Gasteiger partial charge in [0.15, 0.2) is 11.6 Å². The van der Waals surface area contributed by atoms with E-state index in [4.69, 9.17) is 10.2 Å². The summed E-state index contributed by atoms with van der Waals surface area (Å²) < 4.78 is -1.02. The van der Waals surface area contributed by atoms with Gasteiger partial charge in [0.05, 0.1) is 0 Å². The van der Waals surface area contributed by atoms with Crippen molar-refractivity contribution in [3.05, 3.63) is 11.6 Å². The van der Waals surface area contributed by atoms with Crippen LogP contribution in [0.1, 0.15) is 40.5 Å². The van der Waals surface area contributed by atoms with Crippen molar-refractivity contribution in [1.29, 1.82) is 0 Å². The van der Waals surface area contributed by atoms with Crippen molar-refractivity contribution in [2.75, 3.05) is 0 Å². The average molecular weight is 444 g/mol. The minimum atomic E-state index is -1.07. The molecule has 0 aliphatic rings. The maximum atomic E-state index is 11.2. The number of carboxylic acid groups (broad SMARTS) is 2. The first-order chi connectivity index (χ1) is 9.91. The molecular weight excluding hydrogens is 424 g/mol. The van der Waals surface area contributed by atoms with E-state index in [1.807, 2.05) is 0 Å². The molecule has 0 aliphatic carbocycles. The van der Waals surface area contributed by atoms with Gasteiger partial charge in [-0.3, -0.25) is 14.4 Å². The number of aliphatic carboxylic acids is 2. The van der Waals surface area contributed by atoms with Crippen molar-refractivity contribution < 1.29 is 29.4 Å². The highest BCUT2D eigenvalue weighted by Crippen LogP contribution is 2.30. The molecule has 0 aromatic carbocycles. The Balaban J connectivity index is 0. The van der Waals surface area contributed by atoms with Gasteiger partial charge in [-0.1, -0.05) is 45.7 Å². The van der Waals surface area contributed by atoms with Crippen LogP contribution in [0.5, 0.6) is 0 Å². The number of alkyl halides is 2. The maximum Gasteiger partial charge on any atom is 0.328 e. The fraction of sp³-hybridized carbons (Fsp3) is 0.571. The molecular formula is C14H20Br2O6. The molecule has 0 saturated carbocycles. The number of Topliss-reactive ketones (excluding diaryl/α,β-unsaturated/α-hetero) is 2. The lowest BCUT2D eigenvalue weighted by Crippen LogP contribution is -2.41. The van der Waals surface area contributed by atoms with Crippen molar-refractivity contribution in [1.82, 2.24) is 0 Å². The Kier molecular flexibility index (Phi) is 11.3. The van der Waals surface area contributed by atoms with E-state index in [-0.39, 0.29) is 11.6 Å². The van der Waals surface area contributed by atoms with Gasteiger partial charge in [0, 0.05) is 18.9 Å². The van der Waals surface area contributed by atoms with E-state index in [1.54, 1.807) is 20.8 Å². The van der Waals surface area contributed by atoms with Crippen molar-refractivity contribution in [3.63, 3.8) is 0 Å². The molecule has 0 saturated heterocycles. The highest BCUT2D eigenvalue weighted by molar-refractivity contribution is 9.13. The number of carboxylic acids is 2. The smallest absolute Gasteiger partial charge is 0.328 e. The monoisotopic (exact) mass is 442 g/mol. The van der Waals surface area contributed by atoms with Gasteiger partial charge in [0.1, 0.15) is 9.15 Å². The van der Waals surface area contributed by atoms with Crippen LogP contribution >= 0.6 is 31.9 Å². The number of allylic oxidation sites excluding steroid dienone is 1. The summed E-state index contributed by atoms with van der Waals surface area (Å²) in [5.74, 6) is -2.37. The van der Waals surface area contributed by atoms with E-state index in [9.17, 15) is 19.2 Å². The third kappa shape index (κ3) is 8.43. The van der Waals surface area contributed by atoms with E-state index in [0.717, 1.165) is 6.08 Å². The first-order valence-electron chi connectivity index (χ1n) is 6.45. The van der Waals surface area contributed by atoms with Crippen LogP contribution in [0.3, 0.4) is 0 Å². The minimum Gasteiger partial charge on any atom is -0.480 e. The van der Waals surface area contributed by atoms with Crippen LogP contribution in [0.25, 0.3) is 0 Å². The predicted octanol–water partition coefficient (Wildman–Crippen LogP) is 2.96. The molecule has 0 fully saturated rings. The van der Waals surface area contributed by atoms with Crippen molar-refractivity contribution in [2.45, 2.75) is 49.7 Å². The van der Waals surface area contributed by atoms with Crippen LogP contribution in [0.2, 0.25) is 0 Å². The molecule has 2 N–H and O–H groups in total. The molecule has 6 nitrogen and oxygen atoms in total. The lowest BCUT2D eigenvalue weighted by atomic mass is 10.0. The number of rotatable bonds is 7. The number of halogens is 2. The quantitative estimate of drug-likeness (QED) is 0.462. The average Bonchev–Trinajstić information content (AvgIpc) is 2.44. The second-order valence-corrected chi connectivity index (χ2v) is 7.06. The number of hydrogen-bond donors (Lipinski definition) is 2. The maximum absolute atomic E-state index is 11.2. The van der Waals surface area contributed by atoms with Crippen LogP contribution in [-0.2, 0) is 19.2 Å². The van der Waals surface area contributed by atoms with Crippen molar-refractivity contribution in [3.8, 4) is 0 Å². The third-order valence-corrected chi connectivity index (χ3v) is 5.48. The summed E-state index contributed by atoms with van der Waals surface area (Å²) in [7, 11) is 0. The summed E-state index contributed by atoms with van der Waals surface area (Å²) in [6.07, 6.45) is 1.60. The van der Waals surface area contributed by atoms with Gasteiger partial charge in [-0.2, -0.15) is 0 Å². The molecule has 8 heteroatoms. The molecule has 0 bridgehead atoms. The second-order valence-electron chi connectivity index (χ2n) is 4.50. The Morgan fingerprint density at radius 2 is 1.59 bits per heavy atom. The normalized spacial score (nSPS) is 14.9. The number of ketones is 2. The standard InChI is InChI=1S/C7H10Br2O3.C7H10O3/c1-3-4(10)7(2,9)5(8)6(11)12;1-3-6(8)5(2)4-7(9)10/h5H,3H2,1-2H3,(H,11,12);4H,3H2,1-2H3,(H,9,10)/b;5-4+. The lowest BCUT2D eigenvalue weighted by molar-refractivity contribution is -0.138. The molecule has 0 aromatic heterocycles. The van der Waals surface area contributed by atoms with Gasteiger partial charge in [0.2, 0.25) is 0 Å². The van der Waals surface area contributed by atoms with Gasteiger partial charge >= 0.3 is 11.9 Å². The van der Waals surface area contributed by atoms with Crippen molar-refractivity contribution in [2.24, 2.45) is 0 Å². The molecule has 0 amide bonds. The minimum absolute atomic E-state index is 0.123. The van der Waals surface area contributed by atoms with Gasteiger partial charge in [-0.15, -0.1) is 0 Å². The van der Waals surface area contributed by atoms with E-state index in [0.29, 0.717) is 18.4 Å². The zero-order chi connectivity index (χ0) is 18.1. The fourth-order valence-corrected chi connectivity index (χ4v) is 1.99. The van der Waals surface area contributed by atoms with E-state index >= 15 is 0 Å².